The molecule has 13 heteroatoms. The van der Waals surface area contributed by atoms with Gasteiger partial charge in [-0.1, -0.05) is 17.7 Å². The largest absolute Gasteiger partial charge is 0.547 e. The van der Waals surface area contributed by atoms with E-state index in [9.17, 15) is 33.6 Å². The number of aromatic hydroxyl groups is 2. The lowest BCUT2D eigenvalue weighted by molar-refractivity contribution is -0.123. The van der Waals surface area contributed by atoms with E-state index < -0.39 is 70.3 Å². The summed E-state index contributed by atoms with van der Waals surface area (Å²) in [7, 11) is -1.76. The third kappa shape index (κ3) is 3.72. The third-order valence-corrected chi connectivity index (χ3v) is 4.94. The third-order valence-electron chi connectivity index (χ3n) is 4.55. The molecule has 3 rings (SSSR count). The number of nitrogens with two attached hydrogens (primary N) is 1. The Morgan fingerprint density at radius 3 is 2.60 bits per heavy atom. The van der Waals surface area contributed by atoms with Gasteiger partial charge >= 0.3 is 13.1 Å². The van der Waals surface area contributed by atoms with Crippen molar-refractivity contribution >= 4 is 30.6 Å². The normalized spacial score (nSPS) is 16.4. The number of halogens is 3. The first kappa shape index (κ1) is 21.6. The number of phenolic OH excluding ortho intramolecular Hbond substituents is 2. The Bertz CT molecular complexity index is 1060. The zero-order valence-electron chi connectivity index (χ0n) is 14.9. The Balaban J connectivity index is 1.84. The standard InChI is InChI=1S/C17H14BClF2N2O7/c19-12-10(7(21)4-8(24)14(12)25)13(22)16(26)23-9-3-5-1-2-6(20)11(17(27)28)15(5)30-18(9)29/h1-2,4,9,13,24-25,29H,3,22H2,(H,23,26)(H,27,28)/t9-,13?/m0/s1. The van der Waals surface area contributed by atoms with Gasteiger partial charge in [-0.25, -0.2) is 13.6 Å². The van der Waals surface area contributed by atoms with Crippen LogP contribution in [0.1, 0.15) is 27.5 Å². The zero-order chi connectivity index (χ0) is 22.3. The Labute approximate surface area is 172 Å². The summed E-state index contributed by atoms with van der Waals surface area (Å²) >= 11 is 5.77. The van der Waals surface area contributed by atoms with Gasteiger partial charge in [-0.3, -0.25) is 4.79 Å². The van der Waals surface area contributed by atoms with Crippen molar-refractivity contribution < 1.29 is 43.4 Å². The van der Waals surface area contributed by atoms with E-state index in [0.717, 1.165) is 6.07 Å². The second-order valence-electron chi connectivity index (χ2n) is 6.47. The minimum Gasteiger partial charge on any atom is -0.534 e. The van der Waals surface area contributed by atoms with Crippen molar-refractivity contribution in [3.8, 4) is 17.2 Å². The molecular formula is C17H14BClF2N2O7. The van der Waals surface area contributed by atoms with E-state index in [1.54, 1.807) is 0 Å². The summed E-state index contributed by atoms with van der Waals surface area (Å²) in [5.74, 6) is -8.05. The number of benzene rings is 2. The highest BCUT2D eigenvalue weighted by Crippen LogP contribution is 2.39. The van der Waals surface area contributed by atoms with Crippen molar-refractivity contribution in [2.75, 3.05) is 0 Å². The number of aromatic carboxylic acids is 1. The Hall–Kier alpha value is -3.09. The molecule has 0 aromatic heterocycles. The summed E-state index contributed by atoms with van der Waals surface area (Å²) in [5, 5.41) is 39.9. The quantitative estimate of drug-likeness (QED) is 0.300. The number of hydrogen-bond acceptors (Lipinski definition) is 7. The Morgan fingerprint density at radius 2 is 1.97 bits per heavy atom. The number of nitrogens with one attached hydrogen (secondary N) is 1. The predicted octanol–water partition coefficient (Wildman–Crippen LogP) is 0.867. The number of carbonyl (C=O) groups is 2. The first-order valence-electron chi connectivity index (χ1n) is 8.38. The molecule has 1 unspecified atom stereocenters. The molecule has 1 heterocycles. The molecule has 7 N–H and O–H groups in total. The molecular weight excluding hydrogens is 428 g/mol. The Kier molecular flexibility index (Phi) is 5.75. The summed E-state index contributed by atoms with van der Waals surface area (Å²) in [4.78, 5) is 23.7. The summed E-state index contributed by atoms with van der Waals surface area (Å²) < 4.78 is 33.0. The minimum absolute atomic E-state index is 0.146. The van der Waals surface area contributed by atoms with Gasteiger partial charge in [0, 0.05) is 11.6 Å². The van der Waals surface area contributed by atoms with Crippen molar-refractivity contribution in [1.29, 1.82) is 0 Å². The number of carbonyl (C=O) groups excluding carboxylic acids is 1. The Morgan fingerprint density at radius 1 is 1.30 bits per heavy atom. The van der Waals surface area contributed by atoms with Crippen LogP contribution in [-0.2, 0) is 11.2 Å². The van der Waals surface area contributed by atoms with Gasteiger partial charge in [0.25, 0.3) is 0 Å². The number of fused-ring (bicyclic) bond motifs is 1. The van der Waals surface area contributed by atoms with Gasteiger partial charge < -0.3 is 36.0 Å². The molecule has 0 fully saturated rings. The lowest BCUT2D eigenvalue weighted by Crippen LogP contribution is -2.55. The first-order chi connectivity index (χ1) is 14.0. The van der Waals surface area contributed by atoms with Crippen LogP contribution in [0.25, 0.3) is 0 Å². The van der Waals surface area contributed by atoms with Crippen LogP contribution in [0.2, 0.25) is 5.02 Å². The van der Waals surface area contributed by atoms with E-state index in [2.05, 4.69) is 5.32 Å². The van der Waals surface area contributed by atoms with E-state index in [1.165, 1.54) is 6.07 Å². The maximum Gasteiger partial charge on any atom is 0.547 e. The molecule has 2 atom stereocenters. The van der Waals surface area contributed by atoms with Crippen LogP contribution in [-0.4, -0.2) is 45.3 Å². The monoisotopic (exact) mass is 442 g/mol. The fraction of sp³-hybridized carbons (Fsp3) is 0.176. The van der Waals surface area contributed by atoms with E-state index in [0.29, 0.717) is 6.07 Å². The number of phenols is 2. The van der Waals surface area contributed by atoms with Gasteiger partial charge in [0.15, 0.2) is 11.5 Å². The average molecular weight is 443 g/mol. The van der Waals surface area contributed by atoms with Crippen LogP contribution >= 0.6 is 11.6 Å². The fourth-order valence-electron chi connectivity index (χ4n) is 3.06. The molecule has 9 nitrogen and oxygen atoms in total. The summed E-state index contributed by atoms with van der Waals surface area (Å²) in [6.45, 7) is 0. The zero-order valence-corrected chi connectivity index (χ0v) is 15.7. The van der Waals surface area contributed by atoms with Gasteiger partial charge in [-0.2, -0.15) is 0 Å². The number of hydrogen-bond donors (Lipinski definition) is 6. The van der Waals surface area contributed by atoms with Gasteiger partial charge in [-0.05, 0) is 18.1 Å². The van der Waals surface area contributed by atoms with Gasteiger partial charge in [-0.15, -0.1) is 0 Å². The molecule has 0 bridgehead atoms. The van der Waals surface area contributed by atoms with Crippen LogP contribution < -0.4 is 15.7 Å². The highest BCUT2D eigenvalue weighted by Gasteiger charge is 2.40. The average Bonchev–Trinajstić information content (AvgIpc) is 2.66. The summed E-state index contributed by atoms with van der Waals surface area (Å²) in [5.41, 5.74) is 4.57. The number of carboxylic acids is 1. The van der Waals surface area contributed by atoms with E-state index >= 15 is 0 Å². The second-order valence-corrected chi connectivity index (χ2v) is 6.85. The molecule has 158 valence electrons. The van der Waals surface area contributed by atoms with Crippen molar-refractivity contribution in [2.24, 2.45) is 5.73 Å². The van der Waals surface area contributed by atoms with Crippen molar-refractivity contribution in [3.05, 3.63) is 51.5 Å². The van der Waals surface area contributed by atoms with Gasteiger partial charge in [0.05, 0.1) is 11.0 Å². The molecule has 2 aromatic rings. The topological polar surface area (TPSA) is 162 Å². The first-order valence-corrected chi connectivity index (χ1v) is 8.75. The van der Waals surface area contributed by atoms with Crippen molar-refractivity contribution in [3.63, 3.8) is 0 Å². The molecule has 0 saturated carbocycles. The van der Waals surface area contributed by atoms with Crippen LogP contribution in [0, 0.1) is 11.6 Å². The maximum absolute atomic E-state index is 14.1. The molecule has 1 aliphatic rings. The summed E-state index contributed by atoms with van der Waals surface area (Å²) in [6, 6.07) is 0.930. The fourth-order valence-corrected chi connectivity index (χ4v) is 3.36. The second kappa shape index (κ2) is 7.97. The number of amides is 1. The molecule has 2 aromatic carbocycles. The van der Waals surface area contributed by atoms with Crippen molar-refractivity contribution in [2.45, 2.75) is 18.4 Å². The maximum atomic E-state index is 14.1. The lowest BCUT2D eigenvalue weighted by atomic mass is 9.72. The molecule has 0 saturated heterocycles. The SMILES string of the molecule is NC(C(=O)N[C@H]1Cc2ccc(F)c(C(=O)O)c2OB1O)c1c(F)cc(O)c(O)c1Cl. The number of carboxylic acid groups (broad SMARTS) is 1. The molecule has 30 heavy (non-hydrogen) atoms. The van der Waals surface area contributed by atoms with E-state index in [1.807, 2.05) is 0 Å². The van der Waals surface area contributed by atoms with Crippen LogP contribution in [0.5, 0.6) is 17.2 Å². The summed E-state index contributed by atoms with van der Waals surface area (Å²) in [6.07, 6.45) is -0.146. The van der Waals surface area contributed by atoms with Gasteiger partial charge in [0.2, 0.25) is 5.91 Å². The highest BCUT2D eigenvalue weighted by molar-refractivity contribution is 6.47. The smallest absolute Gasteiger partial charge is 0.534 e. The molecule has 0 spiro atoms. The van der Waals surface area contributed by atoms with E-state index in [-0.39, 0.29) is 17.7 Å². The number of rotatable bonds is 4. The van der Waals surface area contributed by atoms with E-state index in [4.69, 9.17) is 27.1 Å². The highest BCUT2D eigenvalue weighted by atomic mass is 35.5. The predicted molar refractivity (Wildman–Crippen MR) is 99.3 cm³/mol. The molecule has 0 radical (unpaired) electrons. The minimum atomic E-state index is -1.76. The van der Waals surface area contributed by atoms with Crippen LogP contribution in [0.4, 0.5) is 8.78 Å². The van der Waals surface area contributed by atoms with Crippen LogP contribution in [0.15, 0.2) is 18.2 Å². The van der Waals surface area contributed by atoms with Crippen LogP contribution in [0.3, 0.4) is 0 Å². The molecule has 0 aliphatic carbocycles. The molecule has 1 aliphatic heterocycles. The molecule has 1 amide bonds. The van der Waals surface area contributed by atoms with Crippen molar-refractivity contribution in [1.82, 2.24) is 5.32 Å². The van der Waals surface area contributed by atoms with Gasteiger partial charge in [0.1, 0.15) is 29.0 Å². The lowest BCUT2D eigenvalue weighted by Gasteiger charge is -2.29.